The van der Waals surface area contributed by atoms with Crippen LogP contribution in [0.5, 0.6) is 0 Å². The number of imidazole rings is 1. The normalized spacial score (nSPS) is 20.8. The molecule has 1 aliphatic heterocycles. The molecule has 0 radical (unpaired) electrons. The molecule has 2 aromatic heterocycles. The van der Waals surface area contributed by atoms with E-state index in [0.717, 1.165) is 23.9 Å². The molecular formula is C23H17F2N5O. The van der Waals surface area contributed by atoms with E-state index in [1.165, 1.54) is 35.6 Å². The van der Waals surface area contributed by atoms with Crippen LogP contribution in [-0.2, 0) is 4.79 Å². The number of halogens is 2. The number of nitrogens with one attached hydrogen (secondary N) is 1. The number of aromatic nitrogens is 4. The van der Waals surface area contributed by atoms with Gasteiger partial charge in [0, 0.05) is 29.2 Å². The van der Waals surface area contributed by atoms with Crippen LogP contribution in [0, 0.1) is 23.5 Å². The van der Waals surface area contributed by atoms with Crippen LogP contribution in [0.4, 0.5) is 14.5 Å². The largest absolute Gasteiger partial charge is 0.345 e. The number of nitrogens with zero attached hydrogens (tertiary/aromatic N) is 4. The van der Waals surface area contributed by atoms with Crippen LogP contribution in [0.2, 0.25) is 0 Å². The minimum absolute atomic E-state index is 0.0751. The molecule has 3 heterocycles. The van der Waals surface area contributed by atoms with Crippen molar-refractivity contribution in [1.29, 1.82) is 0 Å². The van der Waals surface area contributed by atoms with Gasteiger partial charge in [0.25, 0.3) is 0 Å². The topological polar surface area (TPSA) is 74.8 Å². The first-order valence-corrected chi connectivity index (χ1v) is 10.1. The van der Waals surface area contributed by atoms with E-state index in [-0.39, 0.29) is 17.4 Å². The summed E-state index contributed by atoms with van der Waals surface area (Å²) in [5.41, 5.74) is 2.74. The van der Waals surface area contributed by atoms with Crippen molar-refractivity contribution in [2.75, 3.05) is 4.90 Å². The van der Waals surface area contributed by atoms with Crippen LogP contribution < -0.4 is 4.90 Å². The van der Waals surface area contributed by atoms with Crippen LogP contribution in [0.25, 0.3) is 22.3 Å². The van der Waals surface area contributed by atoms with E-state index in [2.05, 4.69) is 19.9 Å². The van der Waals surface area contributed by atoms with E-state index in [4.69, 9.17) is 0 Å². The van der Waals surface area contributed by atoms with Crippen LogP contribution >= 0.6 is 0 Å². The van der Waals surface area contributed by atoms with Crippen molar-refractivity contribution in [1.82, 2.24) is 19.9 Å². The summed E-state index contributed by atoms with van der Waals surface area (Å²) < 4.78 is 30.6. The van der Waals surface area contributed by atoms with Gasteiger partial charge < -0.3 is 9.88 Å². The van der Waals surface area contributed by atoms with Crippen molar-refractivity contribution in [3.8, 4) is 11.3 Å². The summed E-state index contributed by atoms with van der Waals surface area (Å²) >= 11 is 0. The molecule has 1 unspecified atom stereocenters. The van der Waals surface area contributed by atoms with Gasteiger partial charge in [-0.2, -0.15) is 0 Å². The number of β-lactam (4-membered cyclic amide) rings is 1. The summed E-state index contributed by atoms with van der Waals surface area (Å²) in [6, 6.07) is 7.20. The molecule has 2 aliphatic rings. The average Bonchev–Trinajstić information content (AvgIpc) is 3.48. The Labute approximate surface area is 176 Å². The first-order chi connectivity index (χ1) is 15.1. The first-order valence-electron chi connectivity index (χ1n) is 10.1. The van der Waals surface area contributed by atoms with E-state index >= 15 is 8.78 Å². The Bertz CT molecular complexity index is 1300. The highest BCUT2D eigenvalue weighted by Gasteiger charge is 2.56. The molecule has 154 valence electrons. The van der Waals surface area contributed by atoms with Gasteiger partial charge in [-0.25, -0.2) is 13.8 Å². The highest BCUT2D eigenvalue weighted by atomic mass is 19.1. The summed E-state index contributed by atoms with van der Waals surface area (Å²) in [5, 5.41) is 0. The van der Waals surface area contributed by atoms with E-state index in [1.807, 2.05) is 0 Å². The average molecular weight is 417 g/mol. The minimum atomic E-state index is -0.684. The second-order valence-electron chi connectivity index (χ2n) is 8.06. The van der Waals surface area contributed by atoms with Gasteiger partial charge in [0.05, 0.1) is 41.2 Å². The number of anilines is 1. The lowest BCUT2D eigenvalue weighted by Gasteiger charge is -2.48. The summed E-state index contributed by atoms with van der Waals surface area (Å²) in [6.07, 6.45) is 7.81. The lowest BCUT2D eigenvalue weighted by molar-refractivity contribution is -0.131. The molecule has 31 heavy (non-hydrogen) atoms. The number of carbonyl (C=O) groups is 1. The summed E-state index contributed by atoms with van der Waals surface area (Å²) in [5.74, 6) is -1.71. The molecule has 6 nitrogen and oxygen atoms in total. The number of rotatable bonds is 4. The van der Waals surface area contributed by atoms with Crippen molar-refractivity contribution >= 4 is 22.6 Å². The summed E-state index contributed by atoms with van der Waals surface area (Å²) in [6.45, 7) is 0. The minimum Gasteiger partial charge on any atom is -0.345 e. The van der Waals surface area contributed by atoms with Crippen LogP contribution in [0.1, 0.15) is 24.4 Å². The third kappa shape index (κ3) is 2.82. The zero-order valence-electron chi connectivity index (χ0n) is 16.3. The SMILES string of the molecule is O=C1C(C2CC2)[C@H](c2c(F)cc(-c3cnccn3)cc2F)N1c1ccc2nc[nH]c2c1. The highest BCUT2D eigenvalue weighted by molar-refractivity contribution is 6.04. The maximum Gasteiger partial charge on any atom is 0.233 e. The molecule has 8 heteroatoms. The smallest absolute Gasteiger partial charge is 0.233 e. The van der Waals surface area contributed by atoms with Crippen molar-refractivity contribution < 1.29 is 13.6 Å². The van der Waals surface area contributed by atoms with Crippen LogP contribution in [-0.4, -0.2) is 25.8 Å². The van der Waals surface area contributed by atoms with E-state index < -0.39 is 23.6 Å². The Morgan fingerprint density at radius 1 is 1.03 bits per heavy atom. The van der Waals surface area contributed by atoms with Crippen LogP contribution in [0.15, 0.2) is 55.2 Å². The van der Waals surface area contributed by atoms with Gasteiger partial charge in [0.2, 0.25) is 5.91 Å². The number of amides is 1. The molecule has 1 aliphatic carbocycles. The second kappa shape index (κ2) is 6.66. The molecule has 0 spiro atoms. The zero-order valence-corrected chi connectivity index (χ0v) is 16.3. The van der Waals surface area contributed by atoms with Crippen molar-refractivity contribution in [3.63, 3.8) is 0 Å². The van der Waals surface area contributed by atoms with Crippen molar-refractivity contribution in [2.45, 2.75) is 18.9 Å². The lowest BCUT2D eigenvalue weighted by atomic mass is 9.78. The monoisotopic (exact) mass is 417 g/mol. The Morgan fingerprint density at radius 3 is 2.55 bits per heavy atom. The van der Waals surface area contributed by atoms with Gasteiger partial charge in [-0.3, -0.25) is 14.8 Å². The van der Waals surface area contributed by atoms with Gasteiger partial charge in [-0.05, 0) is 49.1 Å². The molecule has 1 saturated heterocycles. The van der Waals surface area contributed by atoms with E-state index in [9.17, 15) is 4.79 Å². The highest BCUT2D eigenvalue weighted by Crippen LogP contribution is 2.55. The Balaban J connectivity index is 1.45. The number of carbonyl (C=O) groups excluding carboxylic acids is 1. The van der Waals surface area contributed by atoms with Crippen molar-refractivity contribution in [3.05, 3.63) is 72.4 Å². The van der Waals surface area contributed by atoms with Gasteiger partial charge in [-0.15, -0.1) is 0 Å². The summed E-state index contributed by atoms with van der Waals surface area (Å²) in [4.78, 5) is 29.8. The number of H-pyrrole nitrogens is 1. The van der Waals surface area contributed by atoms with E-state index in [1.54, 1.807) is 24.5 Å². The second-order valence-corrected chi connectivity index (χ2v) is 8.06. The molecule has 1 amide bonds. The lowest BCUT2D eigenvalue weighted by Crippen LogP contribution is -2.56. The molecule has 1 saturated carbocycles. The van der Waals surface area contributed by atoms with Gasteiger partial charge in [0.15, 0.2) is 0 Å². The molecule has 4 aromatic rings. The maximum atomic E-state index is 15.3. The molecule has 2 atom stereocenters. The van der Waals surface area contributed by atoms with Gasteiger partial charge in [-0.1, -0.05) is 0 Å². The van der Waals surface area contributed by atoms with Crippen LogP contribution in [0.3, 0.4) is 0 Å². The number of aromatic amines is 1. The number of hydrogen-bond acceptors (Lipinski definition) is 4. The predicted octanol–water partition coefficient (Wildman–Crippen LogP) is 4.41. The Hall–Kier alpha value is -3.68. The van der Waals surface area contributed by atoms with Gasteiger partial charge >= 0.3 is 0 Å². The number of fused-ring (bicyclic) bond motifs is 1. The zero-order chi connectivity index (χ0) is 21.1. The Morgan fingerprint density at radius 2 is 1.84 bits per heavy atom. The molecule has 6 rings (SSSR count). The fourth-order valence-electron chi connectivity index (χ4n) is 4.56. The number of hydrogen-bond donors (Lipinski definition) is 1. The fourth-order valence-corrected chi connectivity index (χ4v) is 4.56. The summed E-state index contributed by atoms with van der Waals surface area (Å²) in [7, 11) is 0. The molecule has 0 bridgehead atoms. The van der Waals surface area contributed by atoms with Crippen molar-refractivity contribution in [2.24, 2.45) is 11.8 Å². The molecule has 1 N–H and O–H groups in total. The first kappa shape index (κ1) is 18.1. The third-order valence-electron chi connectivity index (χ3n) is 6.19. The quantitative estimate of drug-likeness (QED) is 0.499. The Kier molecular flexibility index (Phi) is 3.89. The third-order valence-corrected chi connectivity index (χ3v) is 6.19. The van der Waals surface area contributed by atoms with E-state index in [0.29, 0.717) is 16.9 Å². The maximum absolute atomic E-state index is 15.3. The van der Waals surface area contributed by atoms with Gasteiger partial charge in [0.1, 0.15) is 11.6 Å². The number of benzene rings is 2. The predicted molar refractivity (Wildman–Crippen MR) is 110 cm³/mol. The standard InChI is InChI=1S/C23H17F2N5O/c24-15-7-13(19-10-26-5-6-27-19)8-16(25)21(15)22-20(12-1-2-12)23(31)30(22)14-3-4-17-18(9-14)29-11-28-17/h3-12,20,22H,1-2H2,(H,28,29)/t20?,22-/m1/s1. The molecule has 2 fully saturated rings. The fraction of sp³-hybridized carbons (Fsp3) is 0.217. The molecule has 2 aromatic carbocycles. The molecular weight excluding hydrogens is 400 g/mol.